The summed E-state index contributed by atoms with van der Waals surface area (Å²) < 4.78 is 1.75. The van der Waals surface area contributed by atoms with Crippen LogP contribution in [-0.4, -0.2) is 20.0 Å². The minimum absolute atomic E-state index is 0.115. The van der Waals surface area contributed by atoms with E-state index < -0.39 is 0 Å². The van der Waals surface area contributed by atoms with Gasteiger partial charge in [-0.3, -0.25) is 4.98 Å². The van der Waals surface area contributed by atoms with Gasteiger partial charge in [0.1, 0.15) is 0 Å². The Bertz CT molecular complexity index is 681. The quantitative estimate of drug-likeness (QED) is 0.740. The molecule has 0 fully saturated rings. The normalized spacial score (nSPS) is 12.8. The Morgan fingerprint density at radius 2 is 2.17 bits per heavy atom. The third kappa shape index (κ3) is 1.74. The first-order valence-corrected chi connectivity index (χ1v) is 5.76. The highest BCUT2D eigenvalue weighted by atomic mass is 15.4. The van der Waals surface area contributed by atoms with Crippen molar-refractivity contribution >= 4 is 10.8 Å². The summed E-state index contributed by atoms with van der Waals surface area (Å²) in [4.78, 5) is 4.12. The number of nitrogens with zero attached hydrogens (tertiary/aromatic N) is 4. The molecule has 0 amide bonds. The molecule has 0 bridgehead atoms. The molecule has 3 rings (SSSR count). The molecule has 2 aromatic heterocycles. The third-order valence-electron chi connectivity index (χ3n) is 2.88. The summed E-state index contributed by atoms with van der Waals surface area (Å²) >= 11 is 0. The molecule has 0 saturated carbocycles. The Morgan fingerprint density at radius 3 is 2.94 bits per heavy atom. The van der Waals surface area contributed by atoms with Gasteiger partial charge in [-0.15, -0.1) is 5.10 Å². The molecule has 5 nitrogen and oxygen atoms in total. The molecule has 2 heterocycles. The zero-order chi connectivity index (χ0) is 12.5. The maximum Gasteiger partial charge on any atom is 0.0995 e. The van der Waals surface area contributed by atoms with Crippen LogP contribution in [0.2, 0.25) is 0 Å². The fourth-order valence-electron chi connectivity index (χ4n) is 1.91. The maximum absolute atomic E-state index is 5.79. The minimum atomic E-state index is -0.115. The number of nitrogens with two attached hydrogens (primary N) is 1. The zero-order valence-electron chi connectivity index (χ0n) is 9.99. The Balaban J connectivity index is 2.18. The second kappa shape index (κ2) is 4.19. The van der Waals surface area contributed by atoms with E-state index >= 15 is 0 Å². The molecule has 90 valence electrons. The van der Waals surface area contributed by atoms with Gasteiger partial charge in [-0.05, 0) is 19.1 Å². The van der Waals surface area contributed by atoms with Gasteiger partial charge in [0.05, 0.1) is 17.6 Å². The molecule has 1 unspecified atom stereocenters. The van der Waals surface area contributed by atoms with E-state index in [9.17, 15) is 0 Å². The summed E-state index contributed by atoms with van der Waals surface area (Å²) in [6.45, 7) is 1.89. The fourth-order valence-corrected chi connectivity index (χ4v) is 1.91. The van der Waals surface area contributed by atoms with Gasteiger partial charge in [-0.2, -0.15) is 0 Å². The predicted molar refractivity (Wildman–Crippen MR) is 69.3 cm³/mol. The molecule has 18 heavy (non-hydrogen) atoms. The highest BCUT2D eigenvalue weighted by Gasteiger charge is 2.08. The number of aromatic nitrogens is 4. The number of rotatable bonds is 2. The van der Waals surface area contributed by atoms with Crippen LogP contribution in [0.25, 0.3) is 16.5 Å². The molecular formula is C13H13N5. The fraction of sp³-hybridized carbons (Fsp3) is 0.154. The first-order chi connectivity index (χ1) is 8.75. The average Bonchev–Trinajstić information content (AvgIpc) is 2.87. The monoisotopic (exact) mass is 239 g/mol. The number of benzene rings is 1. The van der Waals surface area contributed by atoms with Crippen LogP contribution < -0.4 is 5.73 Å². The lowest BCUT2D eigenvalue weighted by Crippen LogP contribution is -2.04. The van der Waals surface area contributed by atoms with E-state index in [1.807, 2.05) is 43.6 Å². The summed E-state index contributed by atoms with van der Waals surface area (Å²) in [5, 5.41) is 10.4. The van der Waals surface area contributed by atoms with Crippen molar-refractivity contribution in [2.24, 2.45) is 5.73 Å². The maximum atomic E-state index is 5.79. The van der Waals surface area contributed by atoms with Gasteiger partial charge in [0.25, 0.3) is 0 Å². The van der Waals surface area contributed by atoms with Crippen molar-refractivity contribution in [2.75, 3.05) is 0 Å². The Hall–Kier alpha value is -2.27. The van der Waals surface area contributed by atoms with Crippen LogP contribution in [0.5, 0.6) is 0 Å². The molecule has 0 saturated heterocycles. The topological polar surface area (TPSA) is 69.6 Å². The zero-order valence-corrected chi connectivity index (χ0v) is 9.99. The molecule has 5 heteroatoms. The summed E-state index contributed by atoms with van der Waals surface area (Å²) in [5.74, 6) is 0. The summed E-state index contributed by atoms with van der Waals surface area (Å²) in [6, 6.07) is 7.86. The SMILES string of the molecule is CC(N)c1cn(-c2cccc3cnccc23)nn1. The summed E-state index contributed by atoms with van der Waals surface area (Å²) in [5.41, 5.74) is 7.55. The van der Waals surface area contributed by atoms with Gasteiger partial charge < -0.3 is 5.73 Å². The molecule has 2 N–H and O–H groups in total. The highest BCUT2D eigenvalue weighted by molar-refractivity contribution is 5.89. The van der Waals surface area contributed by atoms with Crippen molar-refractivity contribution in [2.45, 2.75) is 13.0 Å². The predicted octanol–water partition coefficient (Wildman–Crippen LogP) is 1.84. The summed E-state index contributed by atoms with van der Waals surface area (Å²) in [7, 11) is 0. The first kappa shape index (κ1) is 10.9. The summed E-state index contributed by atoms with van der Waals surface area (Å²) in [6.07, 6.45) is 5.47. The second-order valence-corrected chi connectivity index (χ2v) is 4.25. The molecule has 3 aromatic rings. The molecular weight excluding hydrogens is 226 g/mol. The van der Waals surface area contributed by atoms with Crippen LogP contribution in [0.4, 0.5) is 0 Å². The van der Waals surface area contributed by atoms with Crippen LogP contribution in [0, 0.1) is 0 Å². The van der Waals surface area contributed by atoms with Crippen LogP contribution in [0.15, 0.2) is 42.9 Å². The molecule has 1 atom stereocenters. The molecule has 0 aliphatic heterocycles. The number of hydrogen-bond donors (Lipinski definition) is 1. The lowest BCUT2D eigenvalue weighted by atomic mass is 10.1. The van der Waals surface area contributed by atoms with E-state index in [0.29, 0.717) is 0 Å². The van der Waals surface area contributed by atoms with Crippen molar-refractivity contribution in [3.8, 4) is 5.69 Å². The van der Waals surface area contributed by atoms with Gasteiger partial charge in [0, 0.05) is 29.2 Å². The molecule has 0 spiro atoms. The molecule has 0 aliphatic carbocycles. The molecule has 1 aromatic carbocycles. The van der Waals surface area contributed by atoms with Crippen molar-refractivity contribution in [3.05, 3.63) is 48.5 Å². The number of pyridine rings is 1. The molecule has 0 aliphatic rings. The van der Waals surface area contributed by atoms with E-state index in [1.165, 1.54) is 0 Å². The first-order valence-electron chi connectivity index (χ1n) is 5.76. The van der Waals surface area contributed by atoms with Gasteiger partial charge >= 0.3 is 0 Å². The Kier molecular flexibility index (Phi) is 2.53. The molecule has 0 radical (unpaired) electrons. The lowest BCUT2D eigenvalue weighted by Gasteiger charge is -2.04. The van der Waals surface area contributed by atoms with Gasteiger partial charge in [0.2, 0.25) is 0 Å². The average molecular weight is 239 g/mol. The van der Waals surface area contributed by atoms with E-state index in [4.69, 9.17) is 5.73 Å². The second-order valence-electron chi connectivity index (χ2n) is 4.25. The largest absolute Gasteiger partial charge is 0.323 e. The van der Waals surface area contributed by atoms with E-state index in [-0.39, 0.29) is 6.04 Å². The van der Waals surface area contributed by atoms with Crippen molar-refractivity contribution in [3.63, 3.8) is 0 Å². The smallest absolute Gasteiger partial charge is 0.0995 e. The Morgan fingerprint density at radius 1 is 1.28 bits per heavy atom. The van der Waals surface area contributed by atoms with Crippen LogP contribution in [0.3, 0.4) is 0 Å². The van der Waals surface area contributed by atoms with E-state index in [1.54, 1.807) is 10.9 Å². The van der Waals surface area contributed by atoms with E-state index in [2.05, 4.69) is 15.3 Å². The van der Waals surface area contributed by atoms with Crippen molar-refractivity contribution < 1.29 is 0 Å². The van der Waals surface area contributed by atoms with Gasteiger partial charge in [-0.25, -0.2) is 4.68 Å². The van der Waals surface area contributed by atoms with E-state index in [0.717, 1.165) is 22.2 Å². The van der Waals surface area contributed by atoms with Crippen molar-refractivity contribution in [1.82, 2.24) is 20.0 Å². The van der Waals surface area contributed by atoms with Crippen molar-refractivity contribution in [1.29, 1.82) is 0 Å². The Labute approximate surface area is 104 Å². The highest BCUT2D eigenvalue weighted by Crippen LogP contribution is 2.21. The third-order valence-corrected chi connectivity index (χ3v) is 2.88. The van der Waals surface area contributed by atoms with Crippen LogP contribution in [0.1, 0.15) is 18.7 Å². The standard InChI is InChI=1S/C13H13N5/c1-9(14)12-8-18(17-16-12)13-4-2-3-10-7-15-6-5-11(10)13/h2-9H,14H2,1H3. The number of fused-ring (bicyclic) bond motifs is 1. The lowest BCUT2D eigenvalue weighted by molar-refractivity contribution is 0.757. The van der Waals surface area contributed by atoms with Gasteiger partial charge in [0.15, 0.2) is 0 Å². The number of hydrogen-bond acceptors (Lipinski definition) is 4. The van der Waals surface area contributed by atoms with Crippen LogP contribution >= 0.6 is 0 Å². The van der Waals surface area contributed by atoms with Gasteiger partial charge in [-0.1, -0.05) is 17.3 Å². The van der Waals surface area contributed by atoms with Crippen LogP contribution in [-0.2, 0) is 0 Å². The minimum Gasteiger partial charge on any atom is -0.323 e.